The summed E-state index contributed by atoms with van der Waals surface area (Å²) in [5.74, 6) is -0.991. The van der Waals surface area contributed by atoms with Crippen LogP contribution in [0.5, 0.6) is 0 Å². The van der Waals surface area contributed by atoms with E-state index in [0.29, 0.717) is 13.0 Å². The molecular weight excluding hydrogens is 410 g/mol. The van der Waals surface area contributed by atoms with Gasteiger partial charge in [-0.1, -0.05) is 81.4 Å². The third-order valence-corrected chi connectivity index (χ3v) is 10.3. The predicted octanol–water partition coefficient (Wildman–Crippen LogP) is 1.99. The van der Waals surface area contributed by atoms with Crippen molar-refractivity contribution in [2.24, 2.45) is 0 Å². The standard InChI is InChI=1S/C24H33NO5Si/c1-24(2,3)31(19-12-7-5-8-13-19,20-14-9-6-10-15-20)30-17-11-16-22(27)25-21(18-26)23(28)29-4/h5-10,12-15,21,26H,11,16-18H2,1-4H3,(H,25,27)/t21-/m0/s1. The fraction of sp³-hybridized carbons (Fsp3) is 0.417. The summed E-state index contributed by atoms with van der Waals surface area (Å²) in [7, 11) is -1.41. The lowest BCUT2D eigenvalue weighted by Gasteiger charge is -2.43. The molecule has 0 radical (unpaired) electrons. The highest BCUT2D eigenvalue weighted by Gasteiger charge is 2.49. The van der Waals surface area contributed by atoms with Crippen molar-refractivity contribution >= 4 is 30.6 Å². The molecule has 0 spiro atoms. The molecule has 31 heavy (non-hydrogen) atoms. The maximum atomic E-state index is 12.2. The number of carbonyl (C=O) groups excluding carboxylic acids is 2. The van der Waals surface area contributed by atoms with Crippen LogP contribution in [-0.2, 0) is 18.8 Å². The van der Waals surface area contributed by atoms with Crippen LogP contribution in [0.3, 0.4) is 0 Å². The molecule has 2 aromatic rings. The van der Waals surface area contributed by atoms with Gasteiger partial charge in [0.25, 0.3) is 8.32 Å². The molecule has 0 aliphatic rings. The summed E-state index contributed by atoms with van der Waals surface area (Å²) in [6, 6.07) is 19.6. The van der Waals surface area contributed by atoms with Crippen LogP contribution >= 0.6 is 0 Å². The van der Waals surface area contributed by atoms with Crippen molar-refractivity contribution in [1.82, 2.24) is 5.32 Å². The van der Waals surface area contributed by atoms with Crippen LogP contribution < -0.4 is 15.7 Å². The van der Waals surface area contributed by atoms with Crippen LogP contribution in [0.1, 0.15) is 33.6 Å². The first-order valence-electron chi connectivity index (χ1n) is 10.5. The Morgan fingerprint density at radius 2 is 1.52 bits per heavy atom. The number of esters is 1. The van der Waals surface area contributed by atoms with E-state index in [1.54, 1.807) is 0 Å². The molecule has 0 bridgehead atoms. The first kappa shape index (κ1) is 24.8. The van der Waals surface area contributed by atoms with Crippen LogP contribution in [0.25, 0.3) is 0 Å². The van der Waals surface area contributed by atoms with Crippen molar-refractivity contribution in [3.63, 3.8) is 0 Å². The molecule has 6 nitrogen and oxygen atoms in total. The molecule has 0 unspecified atom stereocenters. The molecule has 2 N–H and O–H groups in total. The smallest absolute Gasteiger partial charge is 0.330 e. The third kappa shape index (κ3) is 6.03. The Kier molecular flexibility index (Phi) is 8.97. The maximum absolute atomic E-state index is 12.2. The fourth-order valence-electron chi connectivity index (χ4n) is 3.81. The number of hydrogen-bond acceptors (Lipinski definition) is 5. The average molecular weight is 444 g/mol. The Balaban J connectivity index is 2.17. The van der Waals surface area contributed by atoms with Gasteiger partial charge in [-0.15, -0.1) is 0 Å². The minimum atomic E-state index is -2.63. The molecule has 0 fully saturated rings. The summed E-state index contributed by atoms with van der Waals surface area (Å²) in [5.41, 5.74) is 0. The summed E-state index contributed by atoms with van der Waals surface area (Å²) in [5, 5.41) is 14.0. The number of aliphatic hydroxyl groups excluding tert-OH is 1. The number of methoxy groups -OCH3 is 1. The Hall–Kier alpha value is -2.48. The van der Waals surface area contributed by atoms with Gasteiger partial charge < -0.3 is 19.6 Å². The normalized spacial score (nSPS) is 12.8. The first-order valence-corrected chi connectivity index (χ1v) is 12.4. The number of benzene rings is 2. The van der Waals surface area contributed by atoms with E-state index in [1.165, 1.54) is 17.5 Å². The van der Waals surface area contributed by atoms with Crippen molar-refractivity contribution in [3.8, 4) is 0 Å². The zero-order valence-corrected chi connectivity index (χ0v) is 19.8. The highest BCUT2D eigenvalue weighted by Crippen LogP contribution is 2.36. The van der Waals surface area contributed by atoms with E-state index >= 15 is 0 Å². The zero-order chi connectivity index (χ0) is 22.9. The van der Waals surface area contributed by atoms with Gasteiger partial charge in [-0.25, -0.2) is 4.79 Å². The Bertz CT molecular complexity index is 797. The van der Waals surface area contributed by atoms with E-state index in [0.717, 1.165) is 0 Å². The van der Waals surface area contributed by atoms with Crippen molar-refractivity contribution in [2.45, 2.75) is 44.7 Å². The molecule has 0 aliphatic heterocycles. The Labute approximate surface area is 185 Å². The van der Waals surface area contributed by atoms with E-state index in [1.807, 2.05) is 36.4 Å². The SMILES string of the molecule is COC(=O)[C@H](CO)NC(=O)CCCO[Si](c1ccccc1)(c1ccccc1)C(C)(C)C. The quantitative estimate of drug-likeness (QED) is 0.333. The fourth-order valence-corrected chi connectivity index (χ4v) is 8.41. The van der Waals surface area contributed by atoms with Gasteiger partial charge in [0.15, 0.2) is 6.04 Å². The van der Waals surface area contributed by atoms with Crippen LogP contribution in [0.15, 0.2) is 60.7 Å². The van der Waals surface area contributed by atoms with Crippen molar-refractivity contribution < 1.29 is 23.9 Å². The number of hydrogen-bond donors (Lipinski definition) is 2. The van der Waals surface area contributed by atoms with Gasteiger partial charge in [0.1, 0.15) is 0 Å². The zero-order valence-electron chi connectivity index (χ0n) is 18.8. The molecule has 0 aromatic heterocycles. The largest absolute Gasteiger partial charge is 0.467 e. The van der Waals surface area contributed by atoms with Gasteiger partial charge in [0.2, 0.25) is 5.91 Å². The number of nitrogens with one attached hydrogen (secondary N) is 1. The van der Waals surface area contributed by atoms with E-state index < -0.39 is 26.9 Å². The molecular formula is C24H33NO5Si. The van der Waals surface area contributed by atoms with Crippen LogP contribution in [0.2, 0.25) is 5.04 Å². The lowest BCUT2D eigenvalue weighted by molar-refractivity contribution is -0.146. The Morgan fingerprint density at radius 3 is 1.94 bits per heavy atom. The molecule has 0 aliphatic carbocycles. The molecule has 168 valence electrons. The molecule has 0 heterocycles. The van der Waals surface area contributed by atoms with E-state index in [9.17, 15) is 14.7 Å². The molecule has 1 amide bonds. The van der Waals surface area contributed by atoms with Gasteiger partial charge in [0, 0.05) is 13.0 Å². The van der Waals surface area contributed by atoms with Gasteiger partial charge in [-0.3, -0.25) is 4.79 Å². The van der Waals surface area contributed by atoms with Crippen LogP contribution in [-0.4, -0.2) is 51.7 Å². The lowest BCUT2D eigenvalue weighted by atomic mass is 10.2. The maximum Gasteiger partial charge on any atom is 0.330 e. The molecule has 7 heteroatoms. The summed E-state index contributed by atoms with van der Waals surface area (Å²) in [6.07, 6.45) is 0.682. The predicted molar refractivity (Wildman–Crippen MR) is 124 cm³/mol. The van der Waals surface area contributed by atoms with Crippen molar-refractivity contribution in [2.75, 3.05) is 20.3 Å². The second-order valence-electron chi connectivity index (χ2n) is 8.44. The van der Waals surface area contributed by atoms with Gasteiger partial charge in [-0.05, 0) is 21.8 Å². The number of carbonyl (C=O) groups is 2. The van der Waals surface area contributed by atoms with Crippen molar-refractivity contribution in [3.05, 3.63) is 60.7 Å². The second-order valence-corrected chi connectivity index (χ2v) is 12.7. The molecule has 1 atom stereocenters. The number of aliphatic hydroxyl groups is 1. The van der Waals surface area contributed by atoms with Gasteiger partial charge >= 0.3 is 5.97 Å². The first-order chi connectivity index (χ1) is 14.8. The molecule has 2 rings (SSSR count). The summed E-state index contributed by atoms with van der Waals surface area (Å²) in [6.45, 7) is 6.51. The minimum Gasteiger partial charge on any atom is -0.467 e. The lowest BCUT2D eigenvalue weighted by Crippen LogP contribution is -2.66. The third-order valence-electron chi connectivity index (χ3n) is 5.29. The van der Waals surface area contributed by atoms with E-state index in [-0.39, 0.29) is 17.4 Å². The average Bonchev–Trinajstić information content (AvgIpc) is 2.77. The molecule has 0 saturated heterocycles. The topological polar surface area (TPSA) is 84.9 Å². The van der Waals surface area contributed by atoms with Crippen LogP contribution in [0.4, 0.5) is 0 Å². The Morgan fingerprint density at radius 1 is 1.00 bits per heavy atom. The van der Waals surface area contributed by atoms with Crippen molar-refractivity contribution in [1.29, 1.82) is 0 Å². The van der Waals surface area contributed by atoms with E-state index in [4.69, 9.17) is 4.43 Å². The number of rotatable bonds is 10. The van der Waals surface area contributed by atoms with Crippen LogP contribution in [0, 0.1) is 0 Å². The van der Waals surface area contributed by atoms with Gasteiger partial charge in [-0.2, -0.15) is 0 Å². The summed E-state index contributed by atoms with van der Waals surface area (Å²) >= 11 is 0. The second kappa shape index (κ2) is 11.2. The van der Waals surface area contributed by atoms with Gasteiger partial charge in [0.05, 0.1) is 13.7 Å². The number of amides is 1. The summed E-state index contributed by atoms with van der Waals surface area (Å²) < 4.78 is 11.3. The number of ether oxygens (including phenoxy) is 1. The molecule has 2 aromatic carbocycles. The monoisotopic (exact) mass is 443 g/mol. The highest BCUT2D eigenvalue weighted by molar-refractivity contribution is 6.99. The van der Waals surface area contributed by atoms with E-state index in [2.05, 4.69) is 55.1 Å². The summed E-state index contributed by atoms with van der Waals surface area (Å²) in [4.78, 5) is 23.8. The highest BCUT2D eigenvalue weighted by atomic mass is 28.4. The molecule has 0 saturated carbocycles. The minimum absolute atomic E-state index is 0.134.